The second-order valence-electron chi connectivity index (χ2n) is 9.58. The van der Waals surface area contributed by atoms with E-state index in [-0.39, 0.29) is 11.5 Å². The summed E-state index contributed by atoms with van der Waals surface area (Å²) in [6.45, 7) is 4.51. The fourth-order valence-electron chi connectivity index (χ4n) is 4.99. The minimum absolute atomic E-state index is 0.257. The number of amides is 1. The number of benzene rings is 2. The first-order valence-corrected chi connectivity index (χ1v) is 14.7. The highest BCUT2D eigenvalue weighted by Crippen LogP contribution is 2.33. The molecule has 0 spiro atoms. The van der Waals surface area contributed by atoms with Gasteiger partial charge in [0.15, 0.2) is 4.80 Å². The van der Waals surface area contributed by atoms with Gasteiger partial charge in [-0.3, -0.25) is 14.2 Å². The van der Waals surface area contributed by atoms with Crippen LogP contribution >= 0.6 is 27.3 Å². The SMILES string of the molecule is COc1ccc(C2C(C(=O)Nc3ccccc3)=C(C)N=c3sc(=Cc4cc(Br)c(N5CCOCC5)o4)c(=O)n32)cc1. The van der Waals surface area contributed by atoms with Crippen LogP contribution in [0, 0.1) is 0 Å². The van der Waals surface area contributed by atoms with Crippen molar-refractivity contribution in [3.8, 4) is 5.75 Å². The maximum Gasteiger partial charge on any atom is 0.271 e. The van der Waals surface area contributed by atoms with Crippen LogP contribution < -0.4 is 29.8 Å². The van der Waals surface area contributed by atoms with E-state index < -0.39 is 6.04 Å². The predicted octanol–water partition coefficient (Wildman–Crippen LogP) is 4.07. The first-order valence-electron chi connectivity index (χ1n) is 13.1. The van der Waals surface area contributed by atoms with Crippen LogP contribution in [0.1, 0.15) is 24.3 Å². The Hall–Kier alpha value is -3.93. The number of allylic oxidation sites excluding steroid dienone is 1. The first-order chi connectivity index (χ1) is 19.9. The van der Waals surface area contributed by atoms with Crippen LogP contribution in [-0.4, -0.2) is 43.9 Å². The molecule has 4 aromatic rings. The van der Waals surface area contributed by atoms with Gasteiger partial charge in [-0.2, -0.15) is 0 Å². The Bertz CT molecular complexity index is 1800. The normalized spacial score (nSPS) is 17.3. The van der Waals surface area contributed by atoms with Gasteiger partial charge in [-0.25, -0.2) is 4.99 Å². The molecule has 0 bridgehead atoms. The van der Waals surface area contributed by atoms with E-state index in [0.717, 1.165) is 23.1 Å². The Morgan fingerprint density at radius 2 is 1.88 bits per heavy atom. The van der Waals surface area contributed by atoms with Crippen LogP contribution in [0.4, 0.5) is 11.6 Å². The van der Waals surface area contributed by atoms with Gasteiger partial charge in [-0.15, -0.1) is 0 Å². The third-order valence-electron chi connectivity index (χ3n) is 6.99. The summed E-state index contributed by atoms with van der Waals surface area (Å²) in [5, 5.41) is 2.97. The van der Waals surface area contributed by atoms with E-state index in [0.29, 0.717) is 56.9 Å². The molecule has 2 aliphatic rings. The molecule has 41 heavy (non-hydrogen) atoms. The molecule has 210 valence electrons. The van der Waals surface area contributed by atoms with Crippen molar-refractivity contribution in [2.24, 2.45) is 4.99 Å². The quantitative estimate of drug-likeness (QED) is 0.343. The number of carbonyl (C=O) groups excluding carboxylic acids is 1. The smallest absolute Gasteiger partial charge is 0.271 e. The zero-order chi connectivity index (χ0) is 28.5. The lowest BCUT2D eigenvalue weighted by Crippen LogP contribution is -2.40. The summed E-state index contributed by atoms with van der Waals surface area (Å²) in [5.74, 6) is 1.61. The van der Waals surface area contributed by atoms with Crippen molar-refractivity contribution in [1.82, 2.24) is 4.57 Å². The Morgan fingerprint density at radius 1 is 1.15 bits per heavy atom. The van der Waals surface area contributed by atoms with Crippen molar-refractivity contribution in [2.75, 3.05) is 43.6 Å². The number of aromatic nitrogens is 1. The monoisotopic (exact) mass is 634 g/mol. The molecule has 9 nitrogen and oxygen atoms in total. The number of methoxy groups -OCH3 is 1. The minimum Gasteiger partial charge on any atom is -0.497 e. The molecule has 1 N–H and O–H groups in total. The molecule has 1 fully saturated rings. The molecular formula is C30H27BrN4O5S. The fourth-order valence-corrected chi connectivity index (χ4v) is 6.58. The number of anilines is 2. The van der Waals surface area contributed by atoms with Crippen LogP contribution in [0.3, 0.4) is 0 Å². The maximum atomic E-state index is 14.0. The van der Waals surface area contributed by atoms with Crippen LogP contribution in [0.15, 0.2) is 90.6 Å². The summed E-state index contributed by atoms with van der Waals surface area (Å²) in [7, 11) is 1.60. The molecule has 0 aliphatic carbocycles. The van der Waals surface area contributed by atoms with Gasteiger partial charge in [0.05, 0.1) is 46.6 Å². The highest BCUT2D eigenvalue weighted by molar-refractivity contribution is 9.10. The van der Waals surface area contributed by atoms with Gasteiger partial charge < -0.3 is 24.1 Å². The molecule has 2 aromatic heterocycles. The van der Waals surface area contributed by atoms with E-state index in [9.17, 15) is 9.59 Å². The number of ether oxygens (including phenoxy) is 2. The summed E-state index contributed by atoms with van der Waals surface area (Å²) in [5.41, 5.74) is 2.10. The number of halogens is 1. The van der Waals surface area contributed by atoms with E-state index in [1.165, 1.54) is 11.3 Å². The molecule has 11 heteroatoms. The molecule has 4 heterocycles. The van der Waals surface area contributed by atoms with Gasteiger partial charge in [0.2, 0.25) is 5.88 Å². The van der Waals surface area contributed by atoms with Crippen molar-refractivity contribution in [3.05, 3.63) is 107 Å². The van der Waals surface area contributed by atoms with Gasteiger partial charge >= 0.3 is 0 Å². The zero-order valence-corrected chi connectivity index (χ0v) is 24.8. The second kappa shape index (κ2) is 11.5. The fraction of sp³-hybridized carbons (Fsp3) is 0.233. The van der Waals surface area contributed by atoms with Crippen LogP contribution in [0.25, 0.3) is 6.08 Å². The lowest BCUT2D eigenvalue weighted by atomic mass is 9.95. The van der Waals surface area contributed by atoms with Gasteiger partial charge in [-0.05, 0) is 52.7 Å². The number of carbonyl (C=O) groups is 1. The molecule has 1 saturated heterocycles. The average molecular weight is 636 g/mol. The summed E-state index contributed by atoms with van der Waals surface area (Å²) in [6.07, 6.45) is 1.73. The van der Waals surface area contributed by atoms with E-state index in [1.807, 2.05) is 60.7 Å². The van der Waals surface area contributed by atoms with Crippen molar-refractivity contribution < 1.29 is 18.7 Å². The number of rotatable bonds is 6. The Labute approximate surface area is 248 Å². The van der Waals surface area contributed by atoms with E-state index in [1.54, 1.807) is 24.7 Å². The van der Waals surface area contributed by atoms with Gasteiger partial charge in [-0.1, -0.05) is 41.7 Å². The molecule has 0 radical (unpaired) electrons. The molecule has 0 saturated carbocycles. The number of fused-ring (bicyclic) bond motifs is 1. The molecule has 1 amide bonds. The van der Waals surface area contributed by atoms with E-state index in [4.69, 9.17) is 18.9 Å². The summed E-state index contributed by atoms with van der Waals surface area (Å²) < 4.78 is 19.8. The van der Waals surface area contributed by atoms with Crippen molar-refractivity contribution in [3.63, 3.8) is 0 Å². The number of morpholine rings is 1. The number of furan rings is 1. The predicted molar refractivity (Wildman–Crippen MR) is 161 cm³/mol. The molecule has 2 aromatic carbocycles. The standard InChI is InChI=1S/C30H27BrN4O5S/c1-18-25(27(36)33-20-6-4-3-5-7-20)26(19-8-10-21(38-2)11-9-19)35-28(37)24(41-30(35)32-18)17-22-16-23(31)29(40-22)34-12-14-39-15-13-34/h3-11,16-17,26H,12-15H2,1-2H3,(H,33,36). The third kappa shape index (κ3) is 5.40. The number of thiazole rings is 1. The molecule has 6 rings (SSSR count). The van der Waals surface area contributed by atoms with Gasteiger partial charge in [0, 0.05) is 30.9 Å². The topological polar surface area (TPSA) is 98.3 Å². The number of hydrogen-bond acceptors (Lipinski definition) is 8. The first kappa shape index (κ1) is 27.3. The van der Waals surface area contributed by atoms with Gasteiger partial charge in [0.25, 0.3) is 11.5 Å². The summed E-state index contributed by atoms with van der Waals surface area (Å²) in [6, 6.07) is 17.8. The van der Waals surface area contributed by atoms with Gasteiger partial charge in [0.1, 0.15) is 11.5 Å². The summed E-state index contributed by atoms with van der Waals surface area (Å²) in [4.78, 5) is 35.0. The van der Waals surface area contributed by atoms with Crippen LogP contribution in [0.5, 0.6) is 5.75 Å². The van der Waals surface area contributed by atoms with Crippen molar-refractivity contribution >= 4 is 50.8 Å². The van der Waals surface area contributed by atoms with Crippen LogP contribution in [-0.2, 0) is 9.53 Å². The average Bonchev–Trinajstić information content (AvgIpc) is 3.51. The number of para-hydroxylation sites is 1. The largest absolute Gasteiger partial charge is 0.497 e. The highest BCUT2D eigenvalue weighted by atomic mass is 79.9. The Kier molecular flexibility index (Phi) is 7.65. The minimum atomic E-state index is -0.685. The Morgan fingerprint density at radius 3 is 2.59 bits per heavy atom. The molecule has 2 aliphatic heterocycles. The lowest BCUT2D eigenvalue weighted by Gasteiger charge is -2.26. The van der Waals surface area contributed by atoms with Crippen molar-refractivity contribution in [2.45, 2.75) is 13.0 Å². The number of nitrogens with zero attached hydrogens (tertiary/aromatic N) is 3. The lowest BCUT2D eigenvalue weighted by molar-refractivity contribution is -0.113. The number of hydrogen-bond donors (Lipinski definition) is 1. The van der Waals surface area contributed by atoms with E-state index >= 15 is 0 Å². The maximum absolute atomic E-state index is 14.0. The molecular weight excluding hydrogens is 608 g/mol. The van der Waals surface area contributed by atoms with Crippen molar-refractivity contribution in [1.29, 1.82) is 0 Å². The Balaban J connectivity index is 1.44. The number of nitrogens with one attached hydrogen (secondary N) is 1. The zero-order valence-electron chi connectivity index (χ0n) is 22.4. The highest BCUT2D eigenvalue weighted by Gasteiger charge is 2.32. The molecule has 1 atom stereocenters. The van der Waals surface area contributed by atoms with Crippen LogP contribution in [0.2, 0.25) is 0 Å². The van der Waals surface area contributed by atoms with E-state index in [2.05, 4.69) is 26.1 Å². The molecule has 1 unspecified atom stereocenters. The second-order valence-corrected chi connectivity index (χ2v) is 11.4. The summed E-state index contributed by atoms with van der Waals surface area (Å²) >= 11 is 4.86. The third-order valence-corrected chi connectivity index (χ3v) is 8.54.